The van der Waals surface area contributed by atoms with Gasteiger partial charge in [0, 0.05) is 11.1 Å². The van der Waals surface area contributed by atoms with Gasteiger partial charge in [-0.1, -0.05) is 18.5 Å². The minimum atomic E-state index is -0.729. The molecule has 0 aliphatic heterocycles. The van der Waals surface area contributed by atoms with Gasteiger partial charge in [0.25, 0.3) is 0 Å². The number of halogens is 1. The molecule has 0 aliphatic carbocycles. The molecule has 0 spiro atoms. The zero-order chi connectivity index (χ0) is 21.8. The van der Waals surface area contributed by atoms with E-state index in [2.05, 4.69) is 0 Å². The first-order valence-corrected chi connectivity index (χ1v) is 10.0. The molecular formula is C23H23ClO6. The van der Waals surface area contributed by atoms with Crippen molar-refractivity contribution in [2.75, 3.05) is 6.61 Å². The Hall–Kier alpha value is -2.99. The van der Waals surface area contributed by atoms with Gasteiger partial charge in [-0.25, -0.2) is 4.79 Å². The molecule has 7 heteroatoms. The molecule has 3 aromatic rings. The van der Waals surface area contributed by atoms with Crippen molar-refractivity contribution < 1.29 is 23.4 Å². The lowest BCUT2D eigenvalue weighted by Crippen LogP contribution is -2.28. The summed E-state index contributed by atoms with van der Waals surface area (Å²) in [5.74, 6) is 0.540. The van der Waals surface area contributed by atoms with E-state index in [1.165, 1.54) is 6.26 Å². The van der Waals surface area contributed by atoms with Gasteiger partial charge in [0.1, 0.15) is 23.3 Å². The topological polar surface area (TPSA) is 75.0 Å². The van der Waals surface area contributed by atoms with Gasteiger partial charge in [0.15, 0.2) is 6.10 Å². The molecule has 2 aromatic carbocycles. The Balaban J connectivity index is 1.88. The average Bonchev–Trinajstić information content (AvgIpc) is 2.72. The summed E-state index contributed by atoms with van der Waals surface area (Å²) in [5, 5.41) is 1.00. The first-order chi connectivity index (χ1) is 14.3. The lowest BCUT2D eigenvalue weighted by atomic mass is 10.1. The highest BCUT2D eigenvalue weighted by Crippen LogP contribution is 2.29. The first-order valence-electron chi connectivity index (χ1n) is 9.67. The van der Waals surface area contributed by atoms with Crippen molar-refractivity contribution in [1.82, 2.24) is 0 Å². The number of rotatable bonds is 7. The number of carbonyl (C=O) groups excluding carboxylic acids is 1. The fourth-order valence-corrected chi connectivity index (χ4v) is 3.13. The van der Waals surface area contributed by atoms with E-state index >= 15 is 0 Å². The molecule has 0 radical (unpaired) electrons. The summed E-state index contributed by atoms with van der Waals surface area (Å²) in [5.41, 5.74) is 1.72. The third-order valence-corrected chi connectivity index (χ3v) is 5.15. The molecule has 0 fully saturated rings. The molecule has 0 amide bonds. The summed E-state index contributed by atoms with van der Waals surface area (Å²) < 4.78 is 22.1. The predicted octanol–water partition coefficient (Wildman–Crippen LogP) is 5.58. The molecule has 1 heterocycles. The quantitative estimate of drug-likeness (QED) is 0.456. The summed E-state index contributed by atoms with van der Waals surface area (Å²) in [4.78, 5) is 24.8. The van der Waals surface area contributed by atoms with E-state index in [4.69, 9.17) is 30.2 Å². The molecule has 0 unspecified atom stereocenters. The van der Waals surface area contributed by atoms with Crippen LogP contribution in [-0.4, -0.2) is 18.7 Å². The minimum Gasteiger partial charge on any atom is -0.479 e. The molecule has 30 heavy (non-hydrogen) atoms. The van der Waals surface area contributed by atoms with Crippen molar-refractivity contribution in [3.8, 4) is 17.2 Å². The molecule has 0 N–H and O–H groups in total. The third-order valence-electron chi connectivity index (χ3n) is 4.55. The van der Waals surface area contributed by atoms with Crippen LogP contribution in [0.5, 0.6) is 17.2 Å². The Morgan fingerprint density at radius 3 is 2.43 bits per heavy atom. The van der Waals surface area contributed by atoms with Gasteiger partial charge < -0.3 is 18.6 Å². The zero-order valence-electron chi connectivity index (χ0n) is 17.3. The first kappa shape index (κ1) is 21.7. The number of hydrogen-bond acceptors (Lipinski definition) is 6. The van der Waals surface area contributed by atoms with Gasteiger partial charge in [-0.2, -0.15) is 0 Å². The minimum absolute atomic E-state index is 0.0650. The van der Waals surface area contributed by atoms with Gasteiger partial charge >= 0.3 is 5.97 Å². The van der Waals surface area contributed by atoms with Crippen molar-refractivity contribution in [3.05, 3.63) is 63.0 Å². The van der Waals surface area contributed by atoms with Gasteiger partial charge in [-0.05, 0) is 62.6 Å². The number of benzene rings is 2. The van der Waals surface area contributed by atoms with E-state index in [0.717, 1.165) is 11.1 Å². The molecule has 158 valence electrons. The number of ether oxygens (including phenoxy) is 3. The fraction of sp³-hybridized carbons (Fsp3) is 0.304. The number of carbonyl (C=O) groups is 1. The van der Waals surface area contributed by atoms with Crippen molar-refractivity contribution in [1.29, 1.82) is 0 Å². The average molecular weight is 431 g/mol. The highest BCUT2D eigenvalue weighted by Gasteiger charge is 2.20. The van der Waals surface area contributed by atoms with Gasteiger partial charge in [0.2, 0.25) is 11.2 Å². The van der Waals surface area contributed by atoms with E-state index in [-0.39, 0.29) is 17.8 Å². The normalized spacial score (nSPS) is 11.9. The van der Waals surface area contributed by atoms with Crippen molar-refractivity contribution in [2.24, 2.45) is 0 Å². The van der Waals surface area contributed by atoms with Crippen LogP contribution in [0.25, 0.3) is 11.0 Å². The summed E-state index contributed by atoms with van der Waals surface area (Å²) in [6.07, 6.45) is 0.984. The SMILES string of the molecule is CCOC(=O)[C@H](CC)Oc1ccc2c(=O)c(Oc3cc(C)c(Cl)c(C)c3)coc2c1. The van der Waals surface area contributed by atoms with E-state index in [9.17, 15) is 9.59 Å². The number of esters is 1. The Kier molecular flexibility index (Phi) is 6.67. The van der Waals surface area contributed by atoms with Crippen LogP contribution in [0.2, 0.25) is 5.02 Å². The van der Waals surface area contributed by atoms with Crippen LogP contribution in [0.1, 0.15) is 31.4 Å². The van der Waals surface area contributed by atoms with Crippen LogP contribution in [0.3, 0.4) is 0 Å². The Labute approximate surface area is 179 Å². The summed E-state index contributed by atoms with van der Waals surface area (Å²) in [7, 11) is 0. The van der Waals surface area contributed by atoms with Crippen molar-refractivity contribution >= 4 is 28.5 Å². The van der Waals surface area contributed by atoms with E-state index in [1.54, 1.807) is 37.3 Å². The highest BCUT2D eigenvalue weighted by molar-refractivity contribution is 6.32. The number of hydrogen-bond donors (Lipinski definition) is 0. The molecule has 3 rings (SSSR count). The smallest absolute Gasteiger partial charge is 0.347 e. The number of aryl methyl sites for hydroxylation is 2. The van der Waals surface area contributed by atoms with E-state index in [0.29, 0.717) is 33.9 Å². The van der Waals surface area contributed by atoms with Crippen LogP contribution >= 0.6 is 11.6 Å². The van der Waals surface area contributed by atoms with Crippen LogP contribution in [0.4, 0.5) is 0 Å². The molecule has 6 nitrogen and oxygen atoms in total. The molecule has 0 bridgehead atoms. The van der Waals surface area contributed by atoms with Crippen molar-refractivity contribution in [3.63, 3.8) is 0 Å². The Bertz CT molecular complexity index is 1110. The predicted molar refractivity (Wildman–Crippen MR) is 115 cm³/mol. The zero-order valence-corrected chi connectivity index (χ0v) is 18.0. The molecule has 0 aliphatic rings. The second-order valence-corrected chi connectivity index (χ2v) is 7.20. The lowest BCUT2D eigenvalue weighted by molar-refractivity contribution is -0.151. The standard InChI is InChI=1S/C23H23ClO6/c1-5-18(23(26)27-6-2)29-15-7-8-17-19(11-15)28-12-20(22(17)25)30-16-9-13(3)21(24)14(4)10-16/h7-12,18H,5-6H2,1-4H3/t18-/m0/s1. The van der Waals surface area contributed by atoms with Gasteiger partial charge in [0.05, 0.1) is 12.0 Å². The van der Waals surface area contributed by atoms with E-state index in [1.807, 2.05) is 20.8 Å². The lowest BCUT2D eigenvalue weighted by Gasteiger charge is -2.16. The van der Waals surface area contributed by atoms with Crippen LogP contribution in [-0.2, 0) is 9.53 Å². The van der Waals surface area contributed by atoms with Crippen molar-refractivity contribution in [2.45, 2.75) is 40.2 Å². The fourth-order valence-electron chi connectivity index (χ4n) is 3.02. The molecular weight excluding hydrogens is 408 g/mol. The molecule has 0 saturated heterocycles. The van der Waals surface area contributed by atoms with E-state index < -0.39 is 12.1 Å². The maximum Gasteiger partial charge on any atom is 0.347 e. The number of fused-ring (bicyclic) bond motifs is 1. The maximum atomic E-state index is 12.8. The summed E-state index contributed by atoms with van der Waals surface area (Å²) in [6, 6.07) is 8.28. The molecule has 1 atom stereocenters. The Morgan fingerprint density at radius 2 is 1.80 bits per heavy atom. The van der Waals surface area contributed by atoms with Gasteiger partial charge in [-0.3, -0.25) is 4.79 Å². The van der Waals surface area contributed by atoms with Crippen LogP contribution in [0, 0.1) is 13.8 Å². The summed E-state index contributed by atoms with van der Waals surface area (Å²) >= 11 is 6.18. The second kappa shape index (κ2) is 9.22. The molecule has 0 saturated carbocycles. The Morgan fingerprint density at radius 1 is 1.10 bits per heavy atom. The van der Waals surface area contributed by atoms with Crippen LogP contribution in [0.15, 0.2) is 45.8 Å². The van der Waals surface area contributed by atoms with Gasteiger partial charge in [-0.15, -0.1) is 0 Å². The molecule has 1 aromatic heterocycles. The second-order valence-electron chi connectivity index (χ2n) is 6.83. The maximum absolute atomic E-state index is 12.8. The monoisotopic (exact) mass is 430 g/mol. The largest absolute Gasteiger partial charge is 0.479 e. The highest BCUT2D eigenvalue weighted by atomic mass is 35.5. The van der Waals surface area contributed by atoms with Crippen LogP contribution < -0.4 is 14.9 Å². The third kappa shape index (κ3) is 4.60. The summed E-state index contributed by atoms with van der Waals surface area (Å²) in [6.45, 7) is 7.58.